The van der Waals surface area contributed by atoms with Gasteiger partial charge in [0, 0.05) is 11.0 Å². The summed E-state index contributed by atoms with van der Waals surface area (Å²) in [6.45, 7) is -2.80. The van der Waals surface area contributed by atoms with Crippen LogP contribution in [0.3, 0.4) is 0 Å². The lowest BCUT2D eigenvalue weighted by atomic mass is 10.1. The predicted molar refractivity (Wildman–Crippen MR) is 92.7 cm³/mol. The molecule has 0 amide bonds. The maximum absolute atomic E-state index is 12.3. The molecule has 0 aliphatic heterocycles. The highest BCUT2D eigenvalue weighted by molar-refractivity contribution is 9.10. The summed E-state index contributed by atoms with van der Waals surface area (Å²) in [4.78, 5) is 0.153. The first kappa shape index (κ1) is 19.6. The van der Waals surface area contributed by atoms with E-state index >= 15 is 0 Å². The molecule has 0 unspecified atom stereocenters. The van der Waals surface area contributed by atoms with E-state index in [4.69, 9.17) is 4.74 Å². The molecule has 0 radical (unpaired) electrons. The summed E-state index contributed by atoms with van der Waals surface area (Å²) in [5.41, 5.74) is 0.718. The Morgan fingerprint density at radius 2 is 1.92 bits per heavy atom. The summed E-state index contributed by atoms with van der Waals surface area (Å²) in [6.07, 6.45) is 0.360. The Morgan fingerprint density at radius 1 is 1.16 bits per heavy atom. The second-order valence-corrected chi connectivity index (χ2v) is 7.65. The molecule has 0 bridgehead atoms. The number of hydrogen-bond acceptors (Lipinski definition) is 4. The number of rotatable bonds is 8. The molecule has 0 heterocycles. The van der Waals surface area contributed by atoms with E-state index in [1.807, 2.05) is 0 Å². The molecular formula is C16H16BrF2NO4S. The maximum Gasteiger partial charge on any atom is 0.387 e. The fraction of sp³-hybridized carbons (Fsp3) is 0.250. The van der Waals surface area contributed by atoms with Gasteiger partial charge in [-0.15, -0.1) is 0 Å². The average Bonchev–Trinajstić information content (AvgIpc) is 2.55. The Kier molecular flexibility index (Phi) is 6.74. The normalized spacial score (nSPS) is 11.6. The molecule has 0 fully saturated rings. The second-order valence-electron chi connectivity index (χ2n) is 4.97. The molecule has 0 saturated carbocycles. The van der Waals surface area contributed by atoms with E-state index in [1.165, 1.54) is 31.4 Å². The fourth-order valence-electron chi connectivity index (χ4n) is 2.11. The largest absolute Gasteiger partial charge is 0.493 e. The summed E-state index contributed by atoms with van der Waals surface area (Å²) >= 11 is 3.23. The zero-order valence-corrected chi connectivity index (χ0v) is 15.6. The highest BCUT2D eigenvalue weighted by atomic mass is 79.9. The zero-order valence-electron chi connectivity index (χ0n) is 13.2. The number of benzene rings is 2. The summed E-state index contributed by atoms with van der Waals surface area (Å²) in [6, 6.07) is 10.8. The third kappa shape index (κ3) is 5.65. The molecule has 9 heteroatoms. The summed E-state index contributed by atoms with van der Waals surface area (Å²) in [7, 11) is -2.29. The monoisotopic (exact) mass is 435 g/mol. The van der Waals surface area contributed by atoms with Crippen molar-refractivity contribution in [3.05, 3.63) is 52.5 Å². The van der Waals surface area contributed by atoms with Crippen molar-refractivity contribution in [1.82, 2.24) is 4.72 Å². The Morgan fingerprint density at radius 3 is 2.56 bits per heavy atom. The number of hydrogen-bond donors (Lipinski definition) is 1. The van der Waals surface area contributed by atoms with Crippen LogP contribution < -0.4 is 14.2 Å². The Labute approximate surface area is 153 Å². The van der Waals surface area contributed by atoms with Crippen molar-refractivity contribution in [3.63, 3.8) is 0 Å². The first-order valence-electron chi connectivity index (χ1n) is 7.19. The van der Waals surface area contributed by atoms with Gasteiger partial charge in [-0.2, -0.15) is 8.78 Å². The van der Waals surface area contributed by atoms with E-state index in [-0.39, 0.29) is 22.9 Å². The molecule has 136 valence electrons. The van der Waals surface area contributed by atoms with E-state index in [2.05, 4.69) is 25.4 Å². The number of sulfonamides is 1. The number of halogens is 3. The molecular weight excluding hydrogens is 420 g/mol. The van der Waals surface area contributed by atoms with Crippen molar-refractivity contribution in [2.45, 2.75) is 17.9 Å². The maximum atomic E-state index is 12.3. The Balaban J connectivity index is 2.01. The summed E-state index contributed by atoms with van der Waals surface area (Å²) < 4.78 is 61.5. The highest BCUT2D eigenvalue weighted by Gasteiger charge is 2.14. The lowest BCUT2D eigenvalue weighted by Gasteiger charge is -2.12. The Hall–Kier alpha value is -1.71. The van der Waals surface area contributed by atoms with Gasteiger partial charge in [-0.1, -0.05) is 28.1 Å². The van der Waals surface area contributed by atoms with Crippen molar-refractivity contribution in [1.29, 1.82) is 0 Å². The molecule has 1 N–H and O–H groups in total. The first-order chi connectivity index (χ1) is 11.8. The molecule has 2 aromatic carbocycles. The van der Waals surface area contributed by atoms with Gasteiger partial charge in [-0.25, -0.2) is 13.1 Å². The molecule has 0 aromatic heterocycles. The molecule has 2 aromatic rings. The third-order valence-corrected chi connectivity index (χ3v) is 5.21. The minimum Gasteiger partial charge on any atom is -0.493 e. The molecule has 0 spiro atoms. The number of nitrogens with one attached hydrogen (secondary N) is 1. The third-order valence-electron chi connectivity index (χ3n) is 3.26. The standard InChI is InChI=1S/C16H16BrF2NO4S/c1-23-15-9-11(5-6-14(15)24-16(18)19)7-8-20-25(21,22)13-4-2-3-12(17)10-13/h2-6,9-10,16,20H,7-8H2,1H3. The second kappa shape index (κ2) is 8.59. The van der Waals surface area contributed by atoms with Gasteiger partial charge >= 0.3 is 6.61 Å². The summed E-state index contributed by atoms with van der Waals surface area (Å²) in [5, 5.41) is 0. The van der Waals surface area contributed by atoms with E-state index in [0.717, 1.165) is 5.56 Å². The van der Waals surface area contributed by atoms with E-state index < -0.39 is 16.6 Å². The van der Waals surface area contributed by atoms with Gasteiger partial charge in [0.05, 0.1) is 12.0 Å². The van der Waals surface area contributed by atoms with Crippen LogP contribution in [-0.2, 0) is 16.4 Å². The summed E-state index contributed by atoms with van der Waals surface area (Å²) in [5.74, 6) is 0.0867. The number of methoxy groups -OCH3 is 1. The van der Waals surface area contributed by atoms with Crippen LogP contribution in [0.5, 0.6) is 11.5 Å². The SMILES string of the molecule is COc1cc(CCNS(=O)(=O)c2cccc(Br)c2)ccc1OC(F)F. The zero-order chi connectivity index (χ0) is 18.4. The van der Waals surface area contributed by atoms with Gasteiger partial charge in [-0.3, -0.25) is 0 Å². The average molecular weight is 436 g/mol. The van der Waals surface area contributed by atoms with Crippen LogP contribution in [0.15, 0.2) is 51.8 Å². The van der Waals surface area contributed by atoms with Gasteiger partial charge < -0.3 is 9.47 Å². The molecule has 0 atom stereocenters. The minimum absolute atomic E-state index is 0.0732. The predicted octanol–water partition coefficient (Wildman–Crippen LogP) is 3.58. The first-order valence-corrected chi connectivity index (χ1v) is 9.46. The molecule has 0 aliphatic carbocycles. The van der Waals surface area contributed by atoms with Gasteiger partial charge in [0.1, 0.15) is 0 Å². The van der Waals surface area contributed by atoms with Crippen LogP contribution in [0.1, 0.15) is 5.56 Å². The van der Waals surface area contributed by atoms with E-state index in [0.29, 0.717) is 10.9 Å². The van der Waals surface area contributed by atoms with Crippen molar-refractivity contribution in [2.75, 3.05) is 13.7 Å². The van der Waals surface area contributed by atoms with Crippen molar-refractivity contribution in [2.24, 2.45) is 0 Å². The lowest BCUT2D eigenvalue weighted by Crippen LogP contribution is -2.26. The highest BCUT2D eigenvalue weighted by Crippen LogP contribution is 2.29. The van der Waals surface area contributed by atoms with Gasteiger partial charge in [0.25, 0.3) is 0 Å². The molecule has 2 rings (SSSR count). The van der Waals surface area contributed by atoms with Crippen LogP contribution in [0, 0.1) is 0 Å². The quantitative estimate of drug-likeness (QED) is 0.687. The molecule has 0 saturated heterocycles. The van der Waals surface area contributed by atoms with E-state index in [9.17, 15) is 17.2 Å². The van der Waals surface area contributed by atoms with Crippen molar-refractivity contribution < 1.29 is 26.7 Å². The van der Waals surface area contributed by atoms with Crippen molar-refractivity contribution in [3.8, 4) is 11.5 Å². The van der Waals surface area contributed by atoms with Gasteiger partial charge in [0.15, 0.2) is 11.5 Å². The molecule has 0 aliphatic rings. The smallest absolute Gasteiger partial charge is 0.387 e. The minimum atomic E-state index is -3.63. The topological polar surface area (TPSA) is 64.6 Å². The Bertz CT molecular complexity index is 831. The lowest BCUT2D eigenvalue weighted by molar-refractivity contribution is -0.0512. The van der Waals surface area contributed by atoms with Crippen LogP contribution >= 0.6 is 15.9 Å². The molecule has 5 nitrogen and oxygen atoms in total. The van der Waals surface area contributed by atoms with E-state index in [1.54, 1.807) is 18.2 Å². The van der Waals surface area contributed by atoms with Crippen LogP contribution in [0.25, 0.3) is 0 Å². The number of alkyl halides is 2. The van der Waals surface area contributed by atoms with Crippen LogP contribution in [-0.4, -0.2) is 28.7 Å². The van der Waals surface area contributed by atoms with Crippen LogP contribution in [0.4, 0.5) is 8.78 Å². The van der Waals surface area contributed by atoms with Gasteiger partial charge in [-0.05, 0) is 42.3 Å². The van der Waals surface area contributed by atoms with Gasteiger partial charge in [0.2, 0.25) is 10.0 Å². The molecule has 25 heavy (non-hydrogen) atoms. The number of ether oxygens (including phenoxy) is 2. The van der Waals surface area contributed by atoms with Crippen molar-refractivity contribution >= 4 is 26.0 Å². The fourth-order valence-corrected chi connectivity index (χ4v) is 3.74. The van der Waals surface area contributed by atoms with Crippen LogP contribution in [0.2, 0.25) is 0 Å².